The predicted molar refractivity (Wildman–Crippen MR) is 190 cm³/mol. The molecule has 0 spiro atoms. The number of rotatable bonds is 24. The monoisotopic (exact) mass is 689 g/mol. The molecule has 49 heavy (non-hydrogen) atoms. The highest BCUT2D eigenvalue weighted by atomic mass is 16.6. The average molecular weight is 690 g/mol. The van der Waals surface area contributed by atoms with Crippen molar-refractivity contribution >= 4 is 29.7 Å². The van der Waals surface area contributed by atoms with Crippen molar-refractivity contribution in [1.82, 2.24) is 10.6 Å². The molecule has 1 aromatic carbocycles. The zero-order chi connectivity index (χ0) is 36.8. The van der Waals surface area contributed by atoms with E-state index in [1.807, 2.05) is 44.2 Å². The number of benzene rings is 1. The molecule has 1 unspecified atom stereocenters. The number of ether oxygens (including phenoxy) is 3. The Morgan fingerprint density at radius 1 is 0.776 bits per heavy atom. The molecule has 0 fully saturated rings. The highest BCUT2D eigenvalue weighted by Gasteiger charge is 2.30. The molecule has 0 aromatic heterocycles. The number of hydrogen-bond donors (Lipinski definition) is 3. The van der Waals surface area contributed by atoms with Gasteiger partial charge >= 0.3 is 17.9 Å². The number of carbonyl (C=O) groups is 5. The summed E-state index contributed by atoms with van der Waals surface area (Å²) in [6, 6.07) is 6.06. The number of unbranched alkanes of at least 4 members (excludes halogenated alkanes) is 8. The summed E-state index contributed by atoms with van der Waals surface area (Å²) < 4.78 is 16.5. The van der Waals surface area contributed by atoms with Crippen molar-refractivity contribution in [3.8, 4) is 0 Å². The molecule has 278 valence electrons. The normalized spacial score (nSPS) is 13.9. The van der Waals surface area contributed by atoms with Crippen LogP contribution in [0.3, 0.4) is 0 Å². The third-order valence-corrected chi connectivity index (χ3v) is 7.75. The van der Waals surface area contributed by atoms with Crippen LogP contribution in [0.25, 0.3) is 0 Å². The van der Waals surface area contributed by atoms with Gasteiger partial charge in [0.05, 0.1) is 18.9 Å². The highest BCUT2D eigenvalue weighted by Crippen LogP contribution is 2.16. The van der Waals surface area contributed by atoms with Gasteiger partial charge in [0.2, 0.25) is 11.8 Å². The van der Waals surface area contributed by atoms with Gasteiger partial charge in [-0.3, -0.25) is 19.2 Å². The van der Waals surface area contributed by atoms with Crippen molar-refractivity contribution in [3.05, 3.63) is 35.9 Å². The van der Waals surface area contributed by atoms with Crippen LogP contribution in [0.1, 0.15) is 138 Å². The van der Waals surface area contributed by atoms with Gasteiger partial charge in [0.25, 0.3) is 0 Å². The predicted octanol–water partition coefficient (Wildman–Crippen LogP) is 6.05. The lowest BCUT2D eigenvalue weighted by Gasteiger charge is -2.25. The van der Waals surface area contributed by atoms with Crippen LogP contribution in [-0.4, -0.2) is 59.6 Å². The van der Waals surface area contributed by atoms with Crippen molar-refractivity contribution in [2.75, 3.05) is 0 Å². The Morgan fingerprint density at radius 2 is 1.37 bits per heavy atom. The van der Waals surface area contributed by atoms with Gasteiger partial charge in [-0.15, -0.1) is 0 Å². The maximum Gasteiger partial charge on any atom is 0.328 e. The molecule has 0 aliphatic rings. The van der Waals surface area contributed by atoms with Crippen molar-refractivity contribution in [2.24, 2.45) is 11.7 Å². The fourth-order valence-electron chi connectivity index (χ4n) is 5.14. The third kappa shape index (κ3) is 21.3. The minimum absolute atomic E-state index is 0.0167. The lowest BCUT2D eigenvalue weighted by Crippen LogP contribution is -2.55. The van der Waals surface area contributed by atoms with Crippen LogP contribution in [0.5, 0.6) is 0 Å². The van der Waals surface area contributed by atoms with Crippen molar-refractivity contribution in [1.29, 1.82) is 0 Å². The van der Waals surface area contributed by atoms with Crippen molar-refractivity contribution in [2.45, 2.75) is 168 Å². The maximum atomic E-state index is 13.3. The fraction of sp³-hybridized carbons (Fsp3) is 0.711. The van der Waals surface area contributed by atoms with Crippen LogP contribution in [0.4, 0.5) is 0 Å². The lowest BCUT2D eigenvalue weighted by molar-refractivity contribution is -0.159. The first kappa shape index (κ1) is 43.6. The van der Waals surface area contributed by atoms with Crippen LogP contribution in [0.15, 0.2) is 30.3 Å². The number of nitrogens with two attached hydrogens (primary N) is 1. The Bertz CT molecular complexity index is 1140. The minimum Gasteiger partial charge on any atom is -0.461 e. The molecule has 0 saturated heterocycles. The molecule has 0 aliphatic carbocycles. The van der Waals surface area contributed by atoms with E-state index in [1.165, 1.54) is 39.0 Å². The molecule has 0 radical (unpaired) electrons. The summed E-state index contributed by atoms with van der Waals surface area (Å²) in [7, 11) is 0. The zero-order valence-electron chi connectivity index (χ0n) is 31.0. The van der Waals surface area contributed by atoms with Crippen LogP contribution in [-0.2, 0) is 44.8 Å². The van der Waals surface area contributed by atoms with Gasteiger partial charge in [-0.2, -0.15) is 0 Å². The number of nitrogens with one attached hydrogen (secondary N) is 2. The van der Waals surface area contributed by atoms with Gasteiger partial charge in [0.15, 0.2) is 0 Å². The van der Waals surface area contributed by atoms with Crippen LogP contribution in [0, 0.1) is 5.92 Å². The van der Waals surface area contributed by atoms with E-state index in [9.17, 15) is 24.0 Å². The summed E-state index contributed by atoms with van der Waals surface area (Å²) in [5.74, 6) is -3.05. The molecule has 1 rings (SSSR count). The van der Waals surface area contributed by atoms with E-state index in [0.29, 0.717) is 6.42 Å². The van der Waals surface area contributed by atoms with Gasteiger partial charge in [0.1, 0.15) is 30.4 Å². The topological polar surface area (TPSA) is 163 Å². The molecule has 1 aromatic rings. The molecule has 0 heterocycles. The maximum absolute atomic E-state index is 13.3. The standard InChI is InChI=1S/C38H63N3O8/c1-8-9-10-11-12-13-14-15-19-22-30(24-33(42)47-26-29-20-17-16-18-21-29)48-37(46)28(4)40-36(45)32(23-27(2)3)41-35(44)31(39)25-34(43)49-38(5,6)7/h16-18,20-21,27-28,30-32H,8-15,19,22-26,39H2,1-7H3,(H,40,45)(H,41,44)/t28-,30?,31-,32+/m0/s1. The first-order valence-electron chi connectivity index (χ1n) is 18.1. The van der Waals surface area contributed by atoms with Crippen LogP contribution >= 0.6 is 0 Å². The minimum atomic E-state index is -1.22. The van der Waals surface area contributed by atoms with Crippen LogP contribution in [0.2, 0.25) is 0 Å². The van der Waals surface area contributed by atoms with E-state index >= 15 is 0 Å². The first-order chi connectivity index (χ1) is 23.1. The highest BCUT2D eigenvalue weighted by molar-refractivity contribution is 5.93. The van der Waals surface area contributed by atoms with Gasteiger partial charge in [-0.05, 0) is 58.4 Å². The summed E-state index contributed by atoms with van der Waals surface area (Å²) in [4.78, 5) is 64.2. The van der Waals surface area contributed by atoms with Gasteiger partial charge in [0, 0.05) is 0 Å². The quantitative estimate of drug-likeness (QED) is 0.0666. The van der Waals surface area contributed by atoms with Crippen molar-refractivity contribution < 1.29 is 38.2 Å². The first-order valence-corrected chi connectivity index (χ1v) is 18.1. The van der Waals surface area contributed by atoms with Crippen molar-refractivity contribution in [3.63, 3.8) is 0 Å². The summed E-state index contributed by atoms with van der Waals surface area (Å²) in [6.07, 6.45) is 9.76. The lowest BCUT2D eigenvalue weighted by atomic mass is 10.0. The number of carbonyl (C=O) groups excluding carboxylic acids is 5. The Hall–Kier alpha value is -3.47. The molecule has 11 nitrogen and oxygen atoms in total. The summed E-state index contributed by atoms with van der Waals surface area (Å²) in [5, 5.41) is 5.25. The number of amides is 2. The molecule has 2 amide bonds. The van der Waals surface area contributed by atoms with E-state index in [1.54, 1.807) is 20.8 Å². The molecular formula is C38H63N3O8. The SMILES string of the molecule is CCCCCCCCCCCC(CC(=O)OCc1ccccc1)OC(=O)[C@H](C)NC(=O)[C@@H](CC(C)C)NC(=O)[C@@H](N)CC(=O)OC(C)(C)C. The van der Waals surface area contributed by atoms with Crippen LogP contribution < -0.4 is 16.4 Å². The Morgan fingerprint density at radius 3 is 1.94 bits per heavy atom. The molecular weight excluding hydrogens is 626 g/mol. The smallest absolute Gasteiger partial charge is 0.328 e. The Kier molecular flexibility index (Phi) is 21.2. The average Bonchev–Trinajstić information content (AvgIpc) is 3.01. The zero-order valence-corrected chi connectivity index (χ0v) is 31.0. The molecule has 4 N–H and O–H groups in total. The van der Waals surface area contributed by atoms with E-state index in [-0.39, 0.29) is 31.8 Å². The van der Waals surface area contributed by atoms with Gasteiger partial charge in [-0.25, -0.2) is 4.79 Å². The number of hydrogen-bond acceptors (Lipinski definition) is 9. The Labute approximate surface area is 294 Å². The fourth-order valence-corrected chi connectivity index (χ4v) is 5.14. The van der Waals surface area contributed by atoms with Gasteiger partial charge < -0.3 is 30.6 Å². The second-order valence-electron chi connectivity index (χ2n) is 14.3. The second-order valence-corrected chi connectivity index (χ2v) is 14.3. The summed E-state index contributed by atoms with van der Waals surface area (Å²) >= 11 is 0. The third-order valence-electron chi connectivity index (χ3n) is 7.75. The van der Waals surface area contributed by atoms with E-state index in [2.05, 4.69) is 17.6 Å². The summed E-state index contributed by atoms with van der Waals surface area (Å²) in [6.45, 7) is 12.7. The Balaban J connectivity index is 2.79. The number of esters is 3. The molecule has 0 saturated carbocycles. The largest absolute Gasteiger partial charge is 0.461 e. The molecule has 11 heteroatoms. The van der Waals surface area contributed by atoms with E-state index in [0.717, 1.165) is 31.2 Å². The van der Waals surface area contributed by atoms with E-state index in [4.69, 9.17) is 19.9 Å². The molecule has 0 bridgehead atoms. The summed E-state index contributed by atoms with van der Waals surface area (Å²) in [5.41, 5.74) is 6.08. The second kappa shape index (κ2) is 23.8. The van der Waals surface area contributed by atoms with Gasteiger partial charge in [-0.1, -0.05) is 102 Å². The molecule has 0 aliphatic heterocycles. The van der Waals surface area contributed by atoms with E-state index < -0.39 is 59.6 Å². The molecule has 4 atom stereocenters.